The molecule has 2 aromatic rings. The standard InChI is InChI=1S/C20H26O/c1-5-6-8-13-18-16(4)21-19(14-15(2)3)20(18)17-11-9-7-10-12-17/h7,9-12,14H,5-6,8,13H2,1-4H3. The Labute approximate surface area is 128 Å². The van der Waals surface area contributed by atoms with Crippen molar-refractivity contribution in [2.24, 2.45) is 0 Å². The van der Waals surface area contributed by atoms with E-state index in [0.29, 0.717) is 0 Å². The van der Waals surface area contributed by atoms with Crippen LogP contribution in [-0.2, 0) is 6.42 Å². The third-order valence-corrected chi connectivity index (χ3v) is 3.75. The van der Waals surface area contributed by atoms with E-state index in [0.717, 1.165) is 17.9 Å². The minimum absolute atomic E-state index is 1.00. The van der Waals surface area contributed by atoms with Gasteiger partial charge in [0.15, 0.2) is 0 Å². The van der Waals surface area contributed by atoms with Crippen molar-refractivity contribution in [3.05, 3.63) is 53.0 Å². The molecule has 21 heavy (non-hydrogen) atoms. The zero-order chi connectivity index (χ0) is 15.2. The van der Waals surface area contributed by atoms with Gasteiger partial charge in [-0.2, -0.15) is 0 Å². The molecular formula is C20H26O. The van der Waals surface area contributed by atoms with Crippen molar-refractivity contribution < 1.29 is 4.42 Å². The molecule has 0 amide bonds. The minimum atomic E-state index is 1.00. The molecule has 0 spiro atoms. The van der Waals surface area contributed by atoms with Crippen LogP contribution in [0.15, 0.2) is 40.3 Å². The van der Waals surface area contributed by atoms with Crippen LogP contribution in [0.1, 0.15) is 57.1 Å². The summed E-state index contributed by atoms with van der Waals surface area (Å²) in [7, 11) is 0. The predicted molar refractivity (Wildman–Crippen MR) is 91.4 cm³/mol. The summed E-state index contributed by atoms with van der Waals surface area (Å²) in [5, 5.41) is 0. The molecule has 1 aromatic carbocycles. The highest BCUT2D eigenvalue weighted by Crippen LogP contribution is 2.35. The Morgan fingerprint density at radius 1 is 1.10 bits per heavy atom. The van der Waals surface area contributed by atoms with Crippen molar-refractivity contribution in [3.8, 4) is 11.1 Å². The van der Waals surface area contributed by atoms with Gasteiger partial charge in [-0.1, -0.05) is 55.7 Å². The molecule has 1 aromatic heterocycles. The Morgan fingerprint density at radius 2 is 1.81 bits per heavy atom. The zero-order valence-corrected chi connectivity index (χ0v) is 13.7. The number of rotatable bonds is 6. The van der Waals surface area contributed by atoms with Gasteiger partial charge in [-0.25, -0.2) is 0 Å². The van der Waals surface area contributed by atoms with Crippen molar-refractivity contribution in [2.75, 3.05) is 0 Å². The van der Waals surface area contributed by atoms with Gasteiger partial charge in [0.25, 0.3) is 0 Å². The van der Waals surface area contributed by atoms with E-state index < -0.39 is 0 Å². The van der Waals surface area contributed by atoms with Crippen LogP contribution in [0.4, 0.5) is 0 Å². The van der Waals surface area contributed by atoms with Crippen molar-refractivity contribution in [1.82, 2.24) is 0 Å². The van der Waals surface area contributed by atoms with Crippen molar-refractivity contribution in [2.45, 2.75) is 53.4 Å². The molecule has 1 nitrogen and oxygen atoms in total. The molecule has 1 heteroatoms. The van der Waals surface area contributed by atoms with E-state index in [9.17, 15) is 0 Å². The highest BCUT2D eigenvalue weighted by Gasteiger charge is 2.17. The van der Waals surface area contributed by atoms with Gasteiger partial charge >= 0.3 is 0 Å². The van der Waals surface area contributed by atoms with Crippen molar-refractivity contribution >= 4 is 6.08 Å². The SMILES string of the molecule is CCCCCc1c(C)oc(C=C(C)C)c1-c1ccccc1. The maximum atomic E-state index is 6.07. The number of hydrogen-bond acceptors (Lipinski definition) is 1. The molecule has 0 aliphatic rings. The summed E-state index contributed by atoms with van der Waals surface area (Å²) in [6.07, 6.45) is 7.00. The summed E-state index contributed by atoms with van der Waals surface area (Å²) in [6, 6.07) is 10.6. The van der Waals surface area contributed by atoms with E-state index in [-0.39, 0.29) is 0 Å². The molecule has 0 radical (unpaired) electrons. The van der Waals surface area contributed by atoms with Gasteiger partial charge in [0.2, 0.25) is 0 Å². The molecule has 2 rings (SSSR count). The largest absolute Gasteiger partial charge is 0.461 e. The molecule has 112 valence electrons. The van der Waals surface area contributed by atoms with Crippen LogP contribution in [0, 0.1) is 6.92 Å². The van der Waals surface area contributed by atoms with E-state index in [1.165, 1.54) is 41.5 Å². The van der Waals surface area contributed by atoms with E-state index in [1.54, 1.807) is 0 Å². The molecule has 1 heterocycles. The summed E-state index contributed by atoms with van der Waals surface area (Å²) in [6.45, 7) is 8.57. The molecule has 0 bridgehead atoms. The Kier molecular flexibility index (Phi) is 5.44. The molecule has 0 saturated heterocycles. The van der Waals surface area contributed by atoms with Gasteiger partial charge in [0.1, 0.15) is 11.5 Å². The van der Waals surface area contributed by atoms with Crippen LogP contribution in [0.25, 0.3) is 17.2 Å². The summed E-state index contributed by atoms with van der Waals surface area (Å²) in [5.41, 5.74) is 5.18. The molecular weight excluding hydrogens is 256 g/mol. The van der Waals surface area contributed by atoms with Gasteiger partial charge in [-0.05, 0) is 45.3 Å². The summed E-state index contributed by atoms with van der Waals surface area (Å²) in [5.74, 6) is 2.07. The third kappa shape index (κ3) is 3.87. The number of hydrogen-bond donors (Lipinski definition) is 0. The van der Waals surface area contributed by atoms with Gasteiger partial charge < -0.3 is 4.42 Å². The average molecular weight is 282 g/mol. The van der Waals surface area contributed by atoms with Crippen molar-refractivity contribution in [3.63, 3.8) is 0 Å². The van der Waals surface area contributed by atoms with E-state index in [1.807, 2.05) is 0 Å². The first kappa shape index (κ1) is 15.6. The highest BCUT2D eigenvalue weighted by molar-refractivity contribution is 5.77. The second-order valence-electron chi connectivity index (χ2n) is 5.92. The maximum Gasteiger partial charge on any atom is 0.135 e. The molecule has 0 aliphatic heterocycles. The first-order valence-electron chi connectivity index (χ1n) is 7.96. The number of aryl methyl sites for hydroxylation is 1. The fourth-order valence-corrected chi connectivity index (χ4v) is 2.74. The first-order valence-corrected chi connectivity index (χ1v) is 7.96. The molecule has 0 N–H and O–H groups in total. The second-order valence-corrected chi connectivity index (χ2v) is 5.92. The highest BCUT2D eigenvalue weighted by atomic mass is 16.3. The van der Waals surface area contributed by atoms with Crippen LogP contribution in [0.2, 0.25) is 0 Å². The number of unbranched alkanes of at least 4 members (excludes halogenated alkanes) is 2. The first-order chi connectivity index (χ1) is 10.1. The summed E-state index contributed by atoms with van der Waals surface area (Å²) < 4.78 is 6.07. The lowest BCUT2D eigenvalue weighted by Gasteiger charge is -2.06. The monoisotopic (exact) mass is 282 g/mol. The Hall–Kier alpha value is -1.76. The lowest BCUT2D eigenvalue weighted by Crippen LogP contribution is -1.90. The van der Waals surface area contributed by atoms with E-state index >= 15 is 0 Å². The van der Waals surface area contributed by atoms with Crippen LogP contribution in [0.5, 0.6) is 0 Å². The molecule has 0 atom stereocenters. The fraction of sp³-hybridized carbons (Fsp3) is 0.400. The topological polar surface area (TPSA) is 13.1 Å². The van der Waals surface area contributed by atoms with Crippen molar-refractivity contribution in [1.29, 1.82) is 0 Å². The Balaban J connectivity index is 2.48. The maximum absolute atomic E-state index is 6.07. The normalized spacial score (nSPS) is 10.7. The second kappa shape index (κ2) is 7.31. The van der Waals surface area contributed by atoms with Gasteiger partial charge in [-0.15, -0.1) is 0 Å². The average Bonchev–Trinajstić information content (AvgIpc) is 2.75. The molecule has 0 saturated carbocycles. The number of allylic oxidation sites excluding steroid dienone is 1. The minimum Gasteiger partial charge on any atom is -0.461 e. The Morgan fingerprint density at radius 3 is 2.43 bits per heavy atom. The van der Waals surface area contributed by atoms with Crippen LogP contribution < -0.4 is 0 Å². The van der Waals surface area contributed by atoms with Gasteiger partial charge in [0.05, 0.1) is 0 Å². The van der Waals surface area contributed by atoms with E-state index in [4.69, 9.17) is 4.42 Å². The van der Waals surface area contributed by atoms with Crippen LogP contribution in [0.3, 0.4) is 0 Å². The number of benzene rings is 1. The zero-order valence-electron chi connectivity index (χ0n) is 13.7. The fourth-order valence-electron chi connectivity index (χ4n) is 2.74. The summed E-state index contributed by atoms with van der Waals surface area (Å²) in [4.78, 5) is 0. The van der Waals surface area contributed by atoms with Crippen LogP contribution >= 0.6 is 0 Å². The van der Waals surface area contributed by atoms with E-state index in [2.05, 4.69) is 64.1 Å². The van der Waals surface area contributed by atoms with Gasteiger partial charge in [0, 0.05) is 11.1 Å². The lowest BCUT2D eigenvalue weighted by molar-refractivity contribution is 0.519. The number of furan rings is 1. The summed E-state index contributed by atoms with van der Waals surface area (Å²) >= 11 is 0. The Bertz CT molecular complexity index is 598. The quantitative estimate of drug-likeness (QED) is 0.558. The smallest absolute Gasteiger partial charge is 0.135 e. The predicted octanol–water partition coefficient (Wildman–Crippen LogP) is 6.41. The van der Waals surface area contributed by atoms with Crippen LogP contribution in [-0.4, -0.2) is 0 Å². The molecule has 0 aliphatic carbocycles. The third-order valence-electron chi connectivity index (χ3n) is 3.75. The lowest BCUT2D eigenvalue weighted by atomic mass is 9.96. The molecule has 0 unspecified atom stereocenters. The van der Waals surface area contributed by atoms with Gasteiger partial charge in [-0.3, -0.25) is 0 Å². The molecule has 0 fully saturated rings.